The Morgan fingerprint density at radius 2 is 2.33 bits per heavy atom. The van der Waals surface area contributed by atoms with Crippen LogP contribution in [0.25, 0.3) is 0 Å². The number of piperidine rings is 1. The minimum atomic E-state index is -1.01. The summed E-state index contributed by atoms with van der Waals surface area (Å²) in [6.45, 7) is 1.46. The van der Waals surface area contributed by atoms with Crippen LogP contribution in [0.15, 0.2) is 0 Å². The zero-order valence-electron chi connectivity index (χ0n) is 6.50. The van der Waals surface area contributed by atoms with Gasteiger partial charge >= 0.3 is 12.1 Å². The Morgan fingerprint density at radius 3 is 2.75 bits per heavy atom. The predicted octanol–water partition coefficient (Wildman–Crippen LogP) is -0.782. The molecule has 12 heavy (non-hydrogen) atoms. The molecule has 0 radical (unpaired) electrons. The zero-order valence-corrected chi connectivity index (χ0v) is 6.50. The molecule has 0 aromatic carbocycles. The third-order valence-electron chi connectivity index (χ3n) is 2.66. The maximum Gasteiger partial charge on any atom is 0.412 e. The van der Waals surface area contributed by atoms with Crippen LogP contribution in [0.2, 0.25) is 0 Å². The minimum Gasteiger partial charge on any atom is -0.376 e. The van der Waals surface area contributed by atoms with Gasteiger partial charge in [0.1, 0.15) is 0 Å². The fourth-order valence-electron chi connectivity index (χ4n) is 1.85. The Hall–Kier alpha value is -1.10. The van der Waals surface area contributed by atoms with Crippen LogP contribution in [0.5, 0.6) is 0 Å². The van der Waals surface area contributed by atoms with E-state index in [4.69, 9.17) is 5.73 Å². The number of nitrogens with two attached hydrogens (primary N) is 1. The molecule has 0 aromatic heterocycles. The van der Waals surface area contributed by atoms with Crippen molar-refractivity contribution in [1.82, 2.24) is 5.32 Å². The quantitative estimate of drug-likeness (QED) is 0.399. The van der Waals surface area contributed by atoms with E-state index >= 15 is 0 Å². The number of hydrogen-bond donors (Lipinski definition) is 2. The van der Waals surface area contributed by atoms with Crippen LogP contribution < -0.4 is 11.1 Å². The summed E-state index contributed by atoms with van der Waals surface area (Å²) in [4.78, 5) is 21.5. The Morgan fingerprint density at radius 1 is 1.58 bits per heavy atom. The average Bonchev–Trinajstić information content (AvgIpc) is 2.55. The average molecular weight is 170 g/mol. The van der Waals surface area contributed by atoms with E-state index in [1.54, 1.807) is 0 Å². The highest BCUT2D eigenvalue weighted by Gasteiger charge is 2.64. The number of carbonyl (C=O) groups is 2. The number of fused-ring (bicyclic) bond motifs is 1. The van der Waals surface area contributed by atoms with Gasteiger partial charge in [0, 0.05) is 6.54 Å². The van der Waals surface area contributed by atoms with Crippen LogP contribution >= 0.6 is 0 Å². The summed E-state index contributed by atoms with van der Waals surface area (Å²) < 4.78 is 4.34. The summed E-state index contributed by atoms with van der Waals surface area (Å²) in [6.07, 6.45) is -0.182. The van der Waals surface area contributed by atoms with E-state index < -0.39 is 17.5 Å². The maximum absolute atomic E-state index is 11.3. The molecule has 5 nitrogen and oxygen atoms in total. The number of nitrogens with one attached hydrogen (secondary N) is 1. The van der Waals surface area contributed by atoms with Crippen LogP contribution in [0.4, 0.5) is 4.79 Å². The lowest BCUT2D eigenvalue weighted by Crippen LogP contribution is -2.30. The first kappa shape index (κ1) is 7.54. The van der Waals surface area contributed by atoms with Crippen molar-refractivity contribution in [3.05, 3.63) is 0 Å². The smallest absolute Gasteiger partial charge is 0.376 e. The number of hydrogen-bond acceptors (Lipinski definition) is 4. The first-order chi connectivity index (χ1) is 5.65. The van der Waals surface area contributed by atoms with Crippen molar-refractivity contribution in [2.75, 3.05) is 13.1 Å². The van der Waals surface area contributed by atoms with Gasteiger partial charge in [-0.1, -0.05) is 0 Å². The van der Waals surface area contributed by atoms with E-state index in [0.717, 1.165) is 13.0 Å². The lowest BCUT2D eigenvalue weighted by Gasteiger charge is -2.07. The molecule has 2 aliphatic rings. The van der Waals surface area contributed by atoms with Crippen LogP contribution in [-0.4, -0.2) is 25.2 Å². The largest absolute Gasteiger partial charge is 0.412 e. The molecule has 1 amide bonds. The SMILES string of the molecule is NC(=O)OC(=O)C12CNCC1C2. The Balaban J connectivity index is 2.01. The van der Waals surface area contributed by atoms with Crippen molar-refractivity contribution < 1.29 is 14.3 Å². The number of ether oxygens (including phenoxy) is 1. The number of primary amides is 1. The van der Waals surface area contributed by atoms with Crippen LogP contribution in [0, 0.1) is 11.3 Å². The Kier molecular flexibility index (Phi) is 1.38. The van der Waals surface area contributed by atoms with E-state index in [0.29, 0.717) is 12.5 Å². The van der Waals surface area contributed by atoms with Crippen LogP contribution in [0.1, 0.15) is 6.42 Å². The first-order valence-corrected chi connectivity index (χ1v) is 3.87. The molecular formula is C7H10N2O3. The number of amides is 1. The molecule has 0 bridgehead atoms. The third kappa shape index (κ3) is 0.896. The van der Waals surface area contributed by atoms with Gasteiger partial charge in [-0.05, 0) is 18.9 Å². The highest BCUT2D eigenvalue weighted by molar-refractivity contribution is 5.90. The molecule has 1 saturated heterocycles. The lowest BCUT2D eigenvalue weighted by atomic mass is 10.1. The molecule has 3 N–H and O–H groups in total. The van der Waals surface area contributed by atoms with Gasteiger partial charge in [0.2, 0.25) is 0 Å². The van der Waals surface area contributed by atoms with Gasteiger partial charge in [0.15, 0.2) is 0 Å². The first-order valence-electron chi connectivity index (χ1n) is 3.87. The van der Waals surface area contributed by atoms with Crippen molar-refractivity contribution in [2.45, 2.75) is 6.42 Å². The van der Waals surface area contributed by atoms with Crippen molar-refractivity contribution in [2.24, 2.45) is 17.1 Å². The highest BCUT2D eigenvalue weighted by atomic mass is 16.6. The second kappa shape index (κ2) is 2.20. The van der Waals surface area contributed by atoms with E-state index in [1.165, 1.54) is 0 Å². The number of carbonyl (C=O) groups excluding carboxylic acids is 2. The Bertz CT molecular complexity index is 253. The fourth-order valence-corrected chi connectivity index (χ4v) is 1.85. The number of rotatable bonds is 1. The van der Waals surface area contributed by atoms with Gasteiger partial charge in [-0.3, -0.25) is 4.79 Å². The molecule has 2 unspecified atom stereocenters. The van der Waals surface area contributed by atoms with Crippen molar-refractivity contribution in [3.8, 4) is 0 Å². The third-order valence-corrected chi connectivity index (χ3v) is 2.66. The second-order valence-corrected chi connectivity index (χ2v) is 3.40. The molecular weight excluding hydrogens is 160 g/mol. The minimum absolute atomic E-state index is 0.351. The molecule has 1 heterocycles. The van der Waals surface area contributed by atoms with Gasteiger partial charge in [-0.2, -0.15) is 0 Å². The van der Waals surface area contributed by atoms with Gasteiger partial charge in [0.05, 0.1) is 5.41 Å². The topological polar surface area (TPSA) is 81.4 Å². The fraction of sp³-hybridized carbons (Fsp3) is 0.714. The van der Waals surface area contributed by atoms with Crippen molar-refractivity contribution >= 4 is 12.1 Å². The molecule has 2 atom stereocenters. The summed E-state index contributed by atoms with van der Waals surface area (Å²) in [6, 6.07) is 0. The van der Waals surface area contributed by atoms with E-state index in [9.17, 15) is 9.59 Å². The van der Waals surface area contributed by atoms with Crippen LogP contribution in [-0.2, 0) is 9.53 Å². The van der Waals surface area contributed by atoms with E-state index in [2.05, 4.69) is 10.1 Å². The van der Waals surface area contributed by atoms with Crippen LogP contribution in [0.3, 0.4) is 0 Å². The molecule has 5 heteroatoms. The predicted molar refractivity (Wildman–Crippen MR) is 39.1 cm³/mol. The summed E-state index contributed by atoms with van der Waals surface area (Å²) >= 11 is 0. The lowest BCUT2D eigenvalue weighted by molar-refractivity contribution is -0.143. The van der Waals surface area contributed by atoms with Gasteiger partial charge in [-0.15, -0.1) is 0 Å². The molecule has 66 valence electrons. The summed E-state index contributed by atoms with van der Waals surface area (Å²) in [5.74, 6) is -0.116. The molecule has 0 aromatic rings. The normalized spacial score (nSPS) is 37.2. The molecule has 1 aliphatic carbocycles. The molecule has 2 fully saturated rings. The van der Waals surface area contributed by atoms with E-state index in [-0.39, 0.29) is 0 Å². The van der Waals surface area contributed by atoms with E-state index in [1.807, 2.05) is 0 Å². The molecule has 1 saturated carbocycles. The number of esters is 1. The summed E-state index contributed by atoms with van der Waals surface area (Å²) in [5.41, 5.74) is 4.31. The Labute approximate surface area is 69.2 Å². The summed E-state index contributed by atoms with van der Waals surface area (Å²) in [5, 5.41) is 3.06. The van der Waals surface area contributed by atoms with Gasteiger partial charge in [0.25, 0.3) is 0 Å². The van der Waals surface area contributed by atoms with Gasteiger partial charge in [-0.25, -0.2) is 4.79 Å². The zero-order chi connectivity index (χ0) is 8.77. The van der Waals surface area contributed by atoms with Crippen molar-refractivity contribution in [3.63, 3.8) is 0 Å². The monoisotopic (exact) mass is 170 g/mol. The molecule has 0 spiro atoms. The van der Waals surface area contributed by atoms with Gasteiger partial charge < -0.3 is 15.8 Å². The maximum atomic E-state index is 11.3. The standard InChI is InChI=1S/C7H10N2O3/c8-6(11)12-5(10)7-1-4(7)2-9-3-7/h4,9H,1-3H2,(H2,8,11). The molecule has 2 rings (SSSR count). The molecule has 1 aliphatic heterocycles. The second-order valence-electron chi connectivity index (χ2n) is 3.40. The van der Waals surface area contributed by atoms with Crippen molar-refractivity contribution in [1.29, 1.82) is 0 Å². The highest BCUT2D eigenvalue weighted by Crippen LogP contribution is 2.55. The summed E-state index contributed by atoms with van der Waals surface area (Å²) in [7, 11) is 0.